The highest BCUT2D eigenvalue weighted by Crippen LogP contribution is 2.27. The van der Waals surface area contributed by atoms with Crippen LogP contribution in [0.2, 0.25) is 0 Å². The highest BCUT2D eigenvalue weighted by molar-refractivity contribution is 9.10. The third-order valence-corrected chi connectivity index (χ3v) is 4.82. The van der Waals surface area contributed by atoms with E-state index in [0.29, 0.717) is 11.5 Å². The summed E-state index contributed by atoms with van der Waals surface area (Å²) in [5.74, 6) is 1.58. The maximum atomic E-state index is 12.5. The first-order valence-corrected chi connectivity index (χ1v) is 8.01. The van der Waals surface area contributed by atoms with Crippen molar-refractivity contribution in [1.29, 1.82) is 0 Å². The topological polar surface area (TPSA) is 20.3 Å². The van der Waals surface area contributed by atoms with Crippen LogP contribution in [0.5, 0.6) is 0 Å². The normalized spacial score (nSPS) is 17.0. The minimum absolute atomic E-state index is 0.111. The molecule has 0 aromatic heterocycles. The van der Waals surface area contributed by atoms with Gasteiger partial charge in [0.25, 0.3) is 5.91 Å². The second-order valence-electron chi connectivity index (χ2n) is 5.54. The zero-order valence-electron chi connectivity index (χ0n) is 11.4. The van der Waals surface area contributed by atoms with E-state index in [0.717, 1.165) is 41.2 Å². The lowest BCUT2D eigenvalue weighted by Gasteiger charge is -2.34. The molecule has 1 heterocycles. The molecule has 1 fully saturated rings. The van der Waals surface area contributed by atoms with Crippen LogP contribution in [0, 0.1) is 11.8 Å². The van der Waals surface area contributed by atoms with Gasteiger partial charge in [-0.1, -0.05) is 29.8 Å². The van der Waals surface area contributed by atoms with Crippen LogP contribution in [0.1, 0.15) is 37.0 Å². The van der Waals surface area contributed by atoms with Gasteiger partial charge in [0, 0.05) is 22.5 Å². The van der Waals surface area contributed by atoms with Crippen molar-refractivity contribution in [1.82, 2.24) is 4.90 Å². The van der Waals surface area contributed by atoms with E-state index in [1.165, 1.54) is 0 Å². The van der Waals surface area contributed by atoms with E-state index < -0.39 is 0 Å². The van der Waals surface area contributed by atoms with Crippen molar-refractivity contribution < 1.29 is 4.79 Å². The minimum Gasteiger partial charge on any atom is -0.339 e. The van der Waals surface area contributed by atoms with E-state index in [-0.39, 0.29) is 5.91 Å². The van der Waals surface area contributed by atoms with E-state index in [4.69, 9.17) is 0 Å². The van der Waals surface area contributed by atoms with Crippen LogP contribution >= 0.6 is 28.6 Å². The molecule has 1 aromatic carbocycles. The van der Waals surface area contributed by atoms with Crippen LogP contribution in [0.25, 0.3) is 0 Å². The number of hydrogen-bond donors (Lipinski definition) is 1. The average Bonchev–Trinajstić information content (AvgIpc) is 2.38. The minimum atomic E-state index is 0.111. The van der Waals surface area contributed by atoms with Crippen LogP contribution in [-0.2, 0) is 0 Å². The third kappa shape index (κ3) is 3.54. The van der Waals surface area contributed by atoms with Gasteiger partial charge in [-0.3, -0.25) is 4.79 Å². The number of carbonyl (C=O) groups is 1. The lowest BCUT2D eigenvalue weighted by molar-refractivity contribution is 0.0664. The van der Waals surface area contributed by atoms with Gasteiger partial charge in [0.1, 0.15) is 0 Å². The fourth-order valence-corrected chi connectivity index (χ4v) is 3.47. The molecule has 0 bridgehead atoms. The molecule has 1 aromatic rings. The molecule has 0 spiro atoms. The summed E-state index contributed by atoms with van der Waals surface area (Å²) in [4.78, 5) is 15.2. The number of benzene rings is 1. The van der Waals surface area contributed by atoms with Gasteiger partial charge in [0.2, 0.25) is 0 Å². The molecule has 0 radical (unpaired) electrons. The maximum Gasteiger partial charge on any atom is 0.254 e. The summed E-state index contributed by atoms with van der Waals surface area (Å²) >= 11 is 7.79. The second-order valence-corrected chi connectivity index (χ2v) is 6.93. The highest BCUT2D eigenvalue weighted by Gasteiger charge is 2.25. The maximum absolute atomic E-state index is 12.5. The predicted molar refractivity (Wildman–Crippen MR) is 84.9 cm³/mol. The summed E-state index contributed by atoms with van der Waals surface area (Å²) in [5, 5.41) is 0. The van der Waals surface area contributed by atoms with Crippen molar-refractivity contribution in [3.05, 3.63) is 28.2 Å². The summed E-state index contributed by atoms with van der Waals surface area (Å²) in [7, 11) is 0. The number of piperidine rings is 1. The smallest absolute Gasteiger partial charge is 0.254 e. The molecule has 1 saturated heterocycles. The van der Waals surface area contributed by atoms with Gasteiger partial charge < -0.3 is 4.90 Å². The Hall–Kier alpha value is -0.480. The Labute approximate surface area is 129 Å². The summed E-state index contributed by atoms with van der Waals surface area (Å²) < 4.78 is 0.951. The first kappa shape index (κ1) is 14.9. The summed E-state index contributed by atoms with van der Waals surface area (Å²) in [6.45, 7) is 6.27. The molecule has 0 atom stereocenters. The van der Waals surface area contributed by atoms with E-state index in [2.05, 4.69) is 42.4 Å². The number of likely N-dealkylation sites (tertiary alicyclic amines) is 1. The third-order valence-electron chi connectivity index (χ3n) is 3.96. The fourth-order valence-electron chi connectivity index (χ4n) is 2.63. The van der Waals surface area contributed by atoms with Gasteiger partial charge in [0.15, 0.2) is 0 Å². The average molecular weight is 342 g/mol. The Kier molecular flexibility index (Phi) is 4.96. The van der Waals surface area contributed by atoms with Crippen molar-refractivity contribution >= 4 is 34.5 Å². The molecule has 0 saturated carbocycles. The van der Waals surface area contributed by atoms with Crippen molar-refractivity contribution in [2.24, 2.45) is 11.8 Å². The van der Waals surface area contributed by atoms with Gasteiger partial charge >= 0.3 is 0 Å². The van der Waals surface area contributed by atoms with Crippen LogP contribution in [-0.4, -0.2) is 23.9 Å². The van der Waals surface area contributed by atoms with Gasteiger partial charge in [-0.25, -0.2) is 0 Å². The van der Waals surface area contributed by atoms with Gasteiger partial charge in [-0.05, 0) is 42.9 Å². The van der Waals surface area contributed by atoms with E-state index in [1.807, 2.05) is 23.1 Å². The Morgan fingerprint density at radius 3 is 2.53 bits per heavy atom. The van der Waals surface area contributed by atoms with Gasteiger partial charge in [-0.2, -0.15) is 0 Å². The summed E-state index contributed by atoms with van der Waals surface area (Å²) in [6, 6.07) is 5.62. The predicted octanol–water partition coefficient (Wildman–Crippen LogP) is 4.25. The summed E-state index contributed by atoms with van der Waals surface area (Å²) in [6.07, 6.45) is 2.23. The van der Waals surface area contributed by atoms with E-state index >= 15 is 0 Å². The van der Waals surface area contributed by atoms with Crippen LogP contribution < -0.4 is 0 Å². The molecule has 1 aliphatic rings. The first-order chi connectivity index (χ1) is 8.99. The standard InChI is InChI=1S/C15H20BrNOS/c1-10(2)11-5-7-17(8-6-11)15(18)13-4-3-12(16)9-14(13)19/h3-4,9-11,19H,5-8H2,1-2H3. The Balaban J connectivity index is 2.05. The van der Waals surface area contributed by atoms with Crippen molar-refractivity contribution in [3.63, 3.8) is 0 Å². The molecule has 1 aliphatic heterocycles. The Morgan fingerprint density at radius 1 is 1.37 bits per heavy atom. The molecular weight excluding hydrogens is 322 g/mol. The van der Waals surface area contributed by atoms with Gasteiger partial charge in [0.05, 0.1) is 5.56 Å². The molecule has 0 N–H and O–H groups in total. The second kappa shape index (κ2) is 6.31. The molecule has 1 amide bonds. The van der Waals surface area contributed by atoms with Crippen LogP contribution in [0.3, 0.4) is 0 Å². The number of nitrogens with zero attached hydrogens (tertiary/aromatic N) is 1. The monoisotopic (exact) mass is 341 g/mol. The van der Waals surface area contributed by atoms with Crippen LogP contribution in [0.4, 0.5) is 0 Å². The number of rotatable bonds is 2. The lowest BCUT2D eigenvalue weighted by Crippen LogP contribution is -2.39. The zero-order valence-corrected chi connectivity index (χ0v) is 13.9. The Morgan fingerprint density at radius 2 is 2.00 bits per heavy atom. The van der Waals surface area contributed by atoms with Gasteiger partial charge in [-0.15, -0.1) is 12.6 Å². The van der Waals surface area contributed by atoms with Crippen molar-refractivity contribution in [2.45, 2.75) is 31.6 Å². The number of amides is 1. The van der Waals surface area contributed by atoms with Crippen molar-refractivity contribution in [2.75, 3.05) is 13.1 Å². The molecule has 104 valence electrons. The SMILES string of the molecule is CC(C)C1CCN(C(=O)c2ccc(Br)cc2S)CC1. The fraction of sp³-hybridized carbons (Fsp3) is 0.533. The molecule has 2 nitrogen and oxygen atoms in total. The molecule has 0 aliphatic carbocycles. The number of thiol groups is 1. The molecule has 0 unspecified atom stereocenters. The molecule has 19 heavy (non-hydrogen) atoms. The highest BCUT2D eigenvalue weighted by atomic mass is 79.9. The number of carbonyl (C=O) groups excluding carboxylic acids is 1. The van der Waals surface area contributed by atoms with Crippen molar-refractivity contribution in [3.8, 4) is 0 Å². The Bertz CT molecular complexity index is 467. The van der Waals surface area contributed by atoms with Crippen LogP contribution in [0.15, 0.2) is 27.6 Å². The van der Waals surface area contributed by atoms with E-state index in [9.17, 15) is 4.79 Å². The lowest BCUT2D eigenvalue weighted by atomic mass is 9.86. The summed E-state index contributed by atoms with van der Waals surface area (Å²) in [5.41, 5.74) is 0.703. The number of hydrogen-bond acceptors (Lipinski definition) is 2. The molecular formula is C15H20BrNOS. The van der Waals surface area contributed by atoms with E-state index in [1.54, 1.807) is 0 Å². The molecule has 4 heteroatoms. The zero-order chi connectivity index (χ0) is 14.0. The number of halogens is 1. The molecule has 2 rings (SSSR count). The first-order valence-electron chi connectivity index (χ1n) is 6.77. The quantitative estimate of drug-likeness (QED) is 0.797. The largest absolute Gasteiger partial charge is 0.339 e.